The first-order valence-electron chi connectivity index (χ1n) is 3.87. The summed E-state index contributed by atoms with van der Waals surface area (Å²) >= 11 is 1.49. The monoisotopic (exact) mass is 192 g/mol. The number of nitrogens with zero attached hydrogens (tertiary/aromatic N) is 1. The predicted octanol–water partition coefficient (Wildman–Crippen LogP) is 1.81. The third kappa shape index (κ3) is 1.53. The summed E-state index contributed by atoms with van der Waals surface area (Å²) in [7, 11) is 0. The Hall–Kier alpha value is -1.42. The van der Waals surface area contributed by atoms with Crippen molar-refractivity contribution in [2.45, 2.75) is 6.92 Å². The van der Waals surface area contributed by atoms with Gasteiger partial charge in [0, 0.05) is 17.3 Å². The first kappa shape index (κ1) is 8.19. The van der Waals surface area contributed by atoms with E-state index < -0.39 is 0 Å². The zero-order chi connectivity index (χ0) is 9.26. The third-order valence-corrected chi connectivity index (χ3v) is 2.66. The number of thiazole rings is 1. The lowest BCUT2D eigenvalue weighted by Crippen LogP contribution is -2.06. The fourth-order valence-corrected chi connectivity index (χ4v) is 1.89. The maximum atomic E-state index is 11.3. The van der Waals surface area contributed by atoms with Crippen molar-refractivity contribution in [2.75, 3.05) is 0 Å². The van der Waals surface area contributed by atoms with Crippen LogP contribution in [0.2, 0.25) is 0 Å². The summed E-state index contributed by atoms with van der Waals surface area (Å²) < 4.78 is 0. The summed E-state index contributed by atoms with van der Waals surface area (Å²) in [5, 5.41) is 2.71. The SMILES string of the molecule is Cc1csc(-c2ccc[nH]c2=O)n1. The van der Waals surface area contributed by atoms with Gasteiger partial charge >= 0.3 is 0 Å². The molecule has 2 aromatic rings. The Kier molecular flexibility index (Phi) is 1.98. The van der Waals surface area contributed by atoms with E-state index in [2.05, 4.69) is 9.97 Å². The van der Waals surface area contributed by atoms with Crippen molar-refractivity contribution in [3.05, 3.63) is 39.8 Å². The number of H-pyrrole nitrogens is 1. The van der Waals surface area contributed by atoms with Gasteiger partial charge in [-0.3, -0.25) is 4.79 Å². The summed E-state index contributed by atoms with van der Waals surface area (Å²) in [6.07, 6.45) is 1.62. The third-order valence-electron chi connectivity index (χ3n) is 1.67. The number of nitrogens with one attached hydrogen (secondary N) is 1. The van der Waals surface area contributed by atoms with Gasteiger partial charge in [-0.1, -0.05) is 0 Å². The zero-order valence-electron chi connectivity index (χ0n) is 7.07. The number of aromatic nitrogens is 2. The van der Waals surface area contributed by atoms with E-state index in [0.717, 1.165) is 10.7 Å². The molecule has 0 spiro atoms. The molecule has 0 aliphatic carbocycles. The molecule has 0 fully saturated rings. The van der Waals surface area contributed by atoms with Gasteiger partial charge < -0.3 is 4.98 Å². The average molecular weight is 192 g/mol. The van der Waals surface area contributed by atoms with Crippen LogP contribution in [-0.4, -0.2) is 9.97 Å². The Bertz CT molecular complexity index is 472. The van der Waals surface area contributed by atoms with E-state index >= 15 is 0 Å². The van der Waals surface area contributed by atoms with Crippen LogP contribution in [0, 0.1) is 6.92 Å². The summed E-state index contributed by atoms with van der Waals surface area (Å²) in [5.41, 5.74) is 1.50. The van der Waals surface area contributed by atoms with Crippen LogP contribution in [-0.2, 0) is 0 Å². The Morgan fingerprint density at radius 2 is 2.38 bits per heavy atom. The van der Waals surface area contributed by atoms with Gasteiger partial charge in [-0.2, -0.15) is 0 Å². The molecule has 2 heterocycles. The van der Waals surface area contributed by atoms with Crippen LogP contribution in [0.5, 0.6) is 0 Å². The molecule has 0 atom stereocenters. The Morgan fingerprint density at radius 3 is 3.00 bits per heavy atom. The minimum Gasteiger partial charge on any atom is -0.329 e. The fourth-order valence-electron chi connectivity index (χ4n) is 1.07. The van der Waals surface area contributed by atoms with Crippen LogP contribution in [0.15, 0.2) is 28.5 Å². The number of rotatable bonds is 1. The van der Waals surface area contributed by atoms with Gasteiger partial charge in [-0.15, -0.1) is 11.3 Å². The van der Waals surface area contributed by atoms with Crippen molar-refractivity contribution in [2.24, 2.45) is 0 Å². The molecule has 2 aromatic heterocycles. The highest BCUT2D eigenvalue weighted by molar-refractivity contribution is 7.13. The van der Waals surface area contributed by atoms with Crippen LogP contribution >= 0.6 is 11.3 Å². The lowest BCUT2D eigenvalue weighted by Gasteiger charge is -1.91. The van der Waals surface area contributed by atoms with Crippen molar-refractivity contribution < 1.29 is 0 Å². The van der Waals surface area contributed by atoms with E-state index in [1.165, 1.54) is 11.3 Å². The van der Waals surface area contributed by atoms with Crippen LogP contribution < -0.4 is 5.56 Å². The van der Waals surface area contributed by atoms with Gasteiger partial charge in [0.1, 0.15) is 5.01 Å². The number of hydrogen-bond acceptors (Lipinski definition) is 3. The summed E-state index contributed by atoms with van der Waals surface area (Å²) in [6.45, 7) is 1.91. The maximum absolute atomic E-state index is 11.3. The number of aryl methyl sites for hydroxylation is 1. The van der Waals surface area contributed by atoms with Gasteiger partial charge in [0.05, 0.1) is 5.56 Å². The summed E-state index contributed by atoms with van der Waals surface area (Å²) in [5.74, 6) is 0. The molecule has 2 rings (SSSR count). The van der Waals surface area contributed by atoms with Crippen LogP contribution in [0.4, 0.5) is 0 Å². The highest BCUT2D eigenvalue weighted by Gasteiger charge is 2.05. The molecule has 66 valence electrons. The predicted molar refractivity (Wildman–Crippen MR) is 52.9 cm³/mol. The smallest absolute Gasteiger partial charge is 0.258 e. The lowest BCUT2D eigenvalue weighted by molar-refractivity contribution is 1.21. The van der Waals surface area contributed by atoms with Gasteiger partial charge in [0.2, 0.25) is 0 Å². The molecule has 0 radical (unpaired) electrons. The van der Waals surface area contributed by atoms with Gasteiger partial charge in [0.25, 0.3) is 5.56 Å². The quantitative estimate of drug-likeness (QED) is 0.749. The van der Waals surface area contributed by atoms with E-state index in [9.17, 15) is 4.79 Å². The van der Waals surface area contributed by atoms with E-state index in [1.54, 1.807) is 18.3 Å². The number of pyridine rings is 1. The topological polar surface area (TPSA) is 45.8 Å². The largest absolute Gasteiger partial charge is 0.329 e. The molecule has 4 heteroatoms. The number of aromatic amines is 1. The molecular weight excluding hydrogens is 184 g/mol. The Labute approximate surface area is 79.1 Å². The van der Waals surface area contributed by atoms with Crippen molar-refractivity contribution >= 4 is 11.3 Å². The molecule has 13 heavy (non-hydrogen) atoms. The minimum atomic E-state index is -0.0862. The molecule has 0 saturated heterocycles. The zero-order valence-corrected chi connectivity index (χ0v) is 7.89. The van der Waals surface area contributed by atoms with E-state index in [-0.39, 0.29) is 5.56 Å². The van der Waals surface area contributed by atoms with Crippen LogP contribution in [0.3, 0.4) is 0 Å². The maximum Gasteiger partial charge on any atom is 0.258 e. The Balaban J connectivity index is 2.59. The molecule has 0 unspecified atom stereocenters. The molecule has 0 saturated carbocycles. The molecule has 0 bridgehead atoms. The molecule has 0 amide bonds. The molecule has 3 nitrogen and oxygen atoms in total. The minimum absolute atomic E-state index is 0.0862. The summed E-state index contributed by atoms with van der Waals surface area (Å²) in [4.78, 5) is 18.2. The van der Waals surface area contributed by atoms with Crippen LogP contribution in [0.1, 0.15) is 5.69 Å². The lowest BCUT2D eigenvalue weighted by atomic mass is 10.3. The van der Waals surface area contributed by atoms with Crippen molar-refractivity contribution in [1.82, 2.24) is 9.97 Å². The highest BCUT2D eigenvalue weighted by Crippen LogP contribution is 2.19. The Morgan fingerprint density at radius 1 is 1.54 bits per heavy atom. The standard InChI is InChI=1S/C9H8N2OS/c1-6-5-13-9(11-6)7-3-2-4-10-8(7)12/h2-5H,1H3,(H,10,12). The molecule has 0 aliphatic rings. The van der Waals surface area contributed by atoms with Gasteiger partial charge in [0.15, 0.2) is 0 Å². The second-order valence-electron chi connectivity index (χ2n) is 2.71. The average Bonchev–Trinajstić information content (AvgIpc) is 2.53. The first-order chi connectivity index (χ1) is 6.27. The second-order valence-corrected chi connectivity index (χ2v) is 3.57. The normalized spacial score (nSPS) is 10.2. The fraction of sp³-hybridized carbons (Fsp3) is 0.111. The van der Waals surface area contributed by atoms with Crippen molar-refractivity contribution in [3.8, 4) is 10.6 Å². The van der Waals surface area contributed by atoms with Crippen molar-refractivity contribution in [1.29, 1.82) is 0 Å². The van der Waals surface area contributed by atoms with Gasteiger partial charge in [-0.05, 0) is 19.1 Å². The second kappa shape index (κ2) is 3.14. The van der Waals surface area contributed by atoms with Gasteiger partial charge in [-0.25, -0.2) is 4.98 Å². The van der Waals surface area contributed by atoms with Crippen LogP contribution in [0.25, 0.3) is 10.6 Å². The van der Waals surface area contributed by atoms with E-state index in [4.69, 9.17) is 0 Å². The van der Waals surface area contributed by atoms with E-state index in [1.807, 2.05) is 12.3 Å². The molecule has 1 N–H and O–H groups in total. The van der Waals surface area contributed by atoms with Crippen molar-refractivity contribution in [3.63, 3.8) is 0 Å². The molecule has 0 aromatic carbocycles. The number of hydrogen-bond donors (Lipinski definition) is 1. The summed E-state index contributed by atoms with van der Waals surface area (Å²) in [6, 6.07) is 3.57. The molecule has 0 aliphatic heterocycles. The highest BCUT2D eigenvalue weighted by atomic mass is 32.1. The first-order valence-corrected chi connectivity index (χ1v) is 4.75. The van der Waals surface area contributed by atoms with E-state index in [0.29, 0.717) is 5.56 Å². The molecular formula is C9H8N2OS.